The lowest BCUT2D eigenvalue weighted by Crippen LogP contribution is -2.36. The molecule has 4 saturated carbocycles. The third kappa shape index (κ3) is 11.8. The van der Waals surface area contributed by atoms with Gasteiger partial charge in [0.1, 0.15) is 22.7 Å². The number of esters is 1. The third-order valence-electron chi connectivity index (χ3n) is 13.5. The molecule has 0 spiro atoms. The van der Waals surface area contributed by atoms with Gasteiger partial charge in [0.2, 0.25) is 0 Å². The van der Waals surface area contributed by atoms with Crippen LogP contribution in [0.5, 0.6) is 0 Å². The van der Waals surface area contributed by atoms with E-state index in [0.29, 0.717) is 54.1 Å². The lowest BCUT2D eigenvalue weighted by atomic mass is 9.66. The molecule has 4 atom stereocenters. The van der Waals surface area contributed by atoms with Crippen LogP contribution in [0.15, 0.2) is 9.05 Å². The van der Waals surface area contributed by atoms with Gasteiger partial charge in [0.05, 0.1) is 23.2 Å². The number of hydrogen-bond donors (Lipinski definition) is 2. The summed E-state index contributed by atoms with van der Waals surface area (Å²) < 4.78 is 23.3. The van der Waals surface area contributed by atoms with Crippen LogP contribution < -0.4 is 5.32 Å². The van der Waals surface area contributed by atoms with Crippen molar-refractivity contribution in [2.24, 2.45) is 34.5 Å². The Morgan fingerprint density at radius 2 is 1.10 bits per heavy atom. The maximum Gasteiger partial charge on any atom is 0.410 e. The number of nitrogens with one attached hydrogen (secondary N) is 1. The molecule has 348 valence electrons. The van der Waals surface area contributed by atoms with E-state index in [0.717, 1.165) is 60.4 Å². The first-order valence-corrected chi connectivity index (χ1v) is 23.5. The summed E-state index contributed by atoms with van der Waals surface area (Å²) >= 11 is 0. The van der Waals surface area contributed by atoms with E-state index in [2.05, 4.69) is 57.2 Å². The van der Waals surface area contributed by atoms with Gasteiger partial charge in [0, 0.05) is 61.0 Å². The molecule has 62 heavy (non-hydrogen) atoms. The quantitative estimate of drug-likeness (QED) is 0.219. The van der Waals surface area contributed by atoms with Crippen molar-refractivity contribution in [3.8, 4) is 0 Å². The van der Waals surface area contributed by atoms with Gasteiger partial charge in [-0.3, -0.25) is 9.59 Å². The number of amides is 1. The van der Waals surface area contributed by atoms with Crippen molar-refractivity contribution in [1.82, 2.24) is 20.5 Å². The monoisotopic (exact) mass is 885 g/mol. The second-order valence-electron chi connectivity index (χ2n) is 24.2. The Morgan fingerprint density at radius 3 is 1.50 bits per heavy atom. The molecule has 2 saturated heterocycles. The van der Waals surface area contributed by atoms with Crippen LogP contribution in [0.2, 0.25) is 0 Å². The van der Waals surface area contributed by atoms with Crippen molar-refractivity contribution in [3.63, 3.8) is 0 Å². The van der Waals surface area contributed by atoms with Crippen LogP contribution in [0.1, 0.15) is 217 Å². The molecular formula is C49H77ClN4O8. The first-order chi connectivity index (χ1) is 28.3. The van der Waals surface area contributed by atoms with Gasteiger partial charge >= 0.3 is 18.0 Å². The molecule has 0 bridgehead atoms. The number of rotatable bonds is 10. The van der Waals surface area contributed by atoms with Gasteiger partial charge in [-0.2, -0.15) is 0 Å². The molecule has 4 aliphatic carbocycles. The molecule has 12 nitrogen and oxygen atoms in total. The molecule has 4 heterocycles. The molecular weight excluding hydrogens is 808 g/mol. The molecule has 0 aromatic carbocycles. The summed E-state index contributed by atoms with van der Waals surface area (Å²) in [7, 11) is 0. The minimum absolute atomic E-state index is 0. The van der Waals surface area contributed by atoms with Crippen molar-refractivity contribution < 1.29 is 38.0 Å². The zero-order valence-corrected chi connectivity index (χ0v) is 40.5. The normalized spacial score (nSPS) is 28.9. The summed E-state index contributed by atoms with van der Waals surface area (Å²) in [6.45, 7) is 26.9. The van der Waals surface area contributed by atoms with Crippen LogP contribution >= 0.6 is 12.4 Å². The molecule has 13 heteroatoms. The van der Waals surface area contributed by atoms with Crippen molar-refractivity contribution in [2.75, 3.05) is 26.2 Å². The number of aromatic nitrogens is 2. The summed E-state index contributed by atoms with van der Waals surface area (Å²) in [6, 6.07) is 0. The first-order valence-electron chi connectivity index (χ1n) is 23.5. The zero-order chi connectivity index (χ0) is 44.4. The maximum absolute atomic E-state index is 13.3. The number of carboxylic acids is 1. The Bertz CT molecular complexity index is 1890. The highest BCUT2D eigenvalue weighted by atomic mass is 35.5. The van der Waals surface area contributed by atoms with Gasteiger partial charge in [-0.05, 0) is 140 Å². The smallest absolute Gasteiger partial charge is 0.410 e. The molecule has 2 aromatic rings. The second kappa shape index (κ2) is 18.0. The minimum atomic E-state index is -0.727. The Balaban J connectivity index is 0.000000216. The summed E-state index contributed by atoms with van der Waals surface area (Å²) in [5.74, 6) is 3.29. The van der Waals surface area contributed by atoms with Gasteiger partial charge in [-0.1, -0.05) is 51.9 Å². The van der Waals surface area contributed by atoms with E-state index >= 15 is 0 Å². The van der Waals surface area contributed by atoms with Crippen molar-refractivity contribution in [2.45, 2.75) is 194 Å². The molecule has 8 rings (SSSR count). The van der Waals surface area contributed by atoms with E-state index < -0.39 is 29.2 Å². The summed E-state index contributed by atoms with van der Waals surface area (Å²) in [4.78, 5) is 39.5. The summed E-state index contributed by atoms with van der Waals surface area (Å²) in [5.41, 5.74) is 3.78. The van der Waals surface area contributed by atoms with E-state index in [-0.39, 0.29) is 42.7 Å². The highest BCUT2D eigenvalue weighted by Crippen LogP contribution is 2.55. The number of aliphatic carboxylic acids is 1. The average Bonchev–Trinajstić information content (AvgIpc) is 3.87. The number of nitrogens with zero attached hydrogens (tertiary/aromatic N) is 3. The molecule has 2 aromatic heterocycles. The van der Waals surface area contributed by atoms with Crippen molar-refractivity contribution in [3.05, 3.63) is 34.0 Å². The van der Waals surface area contributed by atoms with E-state index in [9.17, 15) is 19.5 Å². The fourth-order valence-electron chi connectivity index (χ4n) is 10.7. The van der Waals surface area contributed by atoms with Crippen molar-refractivity contribution in [1.29, 1.82) is 0 Å². The molecule has 0 unspecified atom stereocenters. The first kappa shape index (κ1) is 48.3. The number of carbonyl (C=O) groups excluding carboxylic acids is 2. The Kier molecular flexibility index (Phi) is 14.1. The molecule has 1 amide bonds. The number of halogens is 1. The fraction of sp³-hybridized carbons (Fsp3) is 0.816. The number of ether oxygens (including phenoxy) is 2. The third-order valence-corrected chi connectivity index (χ3v) is 13.5. The molecule has 2 aliphatic heterocycles. The second-order valence-corrected chi connectivity index (χ2v) is 24.2. The summed E-state index contributed by atoms with van der Waals surface area (Å²) in [6.07, 6.45) is 11.4. The van der Waals surface area contributed by atoms with Crippen molar-refractivity contribution >= 4 is 30.4 Å². The number of carboxylic acid groups (broad SMARTS) is 1. The lowest BCUT2D eigenvalue weighted by molar-refractivity contribution is -0.160. The topological polar surface area (TPSA) is 157 Å². The van der Waals surface area contributed by atoms with E-state index in [1.54, 1.807) is 4.90 Å². The van der Waals surface area contributed by atoms with Gasteiger partial charge in [-0.15, -0.1) is 12.4 Å². The predicted molar refractivity (Wildman–Crippen MR) is 240 cm³/mol. The number of hydrogen-bond acceptors (Lipinski definition) is 10. The van der Waals surface area contributed by atoms with E-state index in [4.69, 9.17) is 18.5 Å². The van der Waals surface area contributed by atoms with Gasteiger partial charge in [0.25, 0.3) is 0 Å². The summed E-state index contributed by atoms with van der Waals surface area (Å²) in [5, 5.41) is 21.7. The Labute approximate surface area is 376 Å². The van der Waals surface area contributed by atoms with Crippen LogP contribution in [0, 0.1) is 34.5 Å². The lowest BCUT2D eigenvalue weighted by Gasteiger charge is -2.38. The van der Waals surface area contributed by atoms with Crippen LogP contribution in [0.25, 0.3) is 0 Å². The number of likely N-dealkylation sites (tertiary alicyclic amines) is 1. The molecule has 2 N–H and O–H groups in total. The van der Waals surface area contributed by atoms with Gasteiger partial charge < -0.3 is 33.8 Å². The molecule has 0 radical (unpaired) electrons. The largest absolute Gasteiger partial charge is 0.481 e. The maximum atomic E-state index is 13.3. The zero-order valence-electron chi connectivity index (χ0n) is 39.7. The SMILES string of the molecule is CC(C)(C)CC1CC(c2onc([C@H]3CN(C(=O)OC(C)(C)C)C[C@@H]3C(=O)OC(C)(C)C)c2C2CC2)C1.CC(C)(C)CC1CC(c2onc([C@H]3CNC[C@@H]3C(=O)O)c2C2CC2)C1.Cl. The van der Waals surface area contributed by atoms with Crippen LogP contribution in [0.3, 0.4) is 0 Å². The Morgan fingerprint density at radius 1 is 0.645 bits per heavy atom. The highest BCUT2D eigenvalue weighted by molar-refractivity contribution is 5.85. The molecule has 6 fully saturated rings. The predicted octanol–water partition coefficient (Wildman–Crippen LogP) is 11.1. The van der Waals surface area contributed by atoms with Crippen LogP contribution in [-0.4, -0.2) is 75.7 Å². The van der Waals surface area contributed by atoms with Crippen LogP contribution in [-0.2, 0) is 19.1 Å². The van der Waals surface area contributed by atoms with E-state index in [1.807, 2.05) is 41.5 Å². The number of carbonyl (C=O) groups is 3. The van der Waals surface area contributed by atoms with Gasteiger partial charge in [0.15, 0.2) is 0 Å². The standard InChI is InChI=1S/C29H46N2O5.C20H30N2O3.ClH/c1-27(2,3)14-17-12-19(13-17)24-22(18-10-11-18)23(30-36-24)20-15-31(26(33)35-29(7,8)9)16-21(20)25(32)34-28(4,5)6;1-20(2,3)8-11-6-13(7-11)18-16(12-4-5-12)17(22-25-18)14-9-21-10-15(14)19(23)24;/h17-21H,10-16H2,1-9H3;11-15,21H,4-10H2,1-3H3,(H,23,24);1H/t17?,19?,20-,21-;11?,13?,14-,15-;/m00./s1. The Hall–Kier alpha value is -3.12. The van der Waals surface area contributed by atoms with Gasteiger partial charge in [-0.25, -0.2) is 4.79 Å². The highest BCUT2D eigenvalue weighted by Gasteiger charge is 2.50. The molecule has 6 aliphatic rings. The average molecular weight is 886 g/mol. The van der Waals surface area contributed by atoms with E-state index in [1.165, 1.54) is 49.7 Å². The minimum Gasteiger partial charge on any atom is -0.481 e. The fourth-order valence-corrected chi connectivity index (χ4v) is 10.7. The van der Waals surface area contributed by atoms with Crippen LogP contribution in [0.4, 0.5) is 4.79 Å².